The molecule has 0 aliphatic carbocycles. The van der Waals surface area contributed by atoms with Crippen molar-refractivity contribution >= 4 is 31.2 Å². The zero-order chi connectivity index (χ0) is 42.4. The lowest BCUT2D eigenvalue weighted by Crippen LogP contribution is -2.48. The Bertz CT molecular complexity index is 766. The first-order valence-corrected chi connectivity index (χ1v) is 26.7. The summed E-state index contributed by atoms with van der Waals surface area (Å²) in [7, 11) is 0. The summed E-state index contributed by atoms with van der Waals surface area (Å²) in [6, 6.07) is 0. The number of carbonyl (C=O) groups excluding carboxylic acids is 1. The van der Waals surface area contributed by atoms with Gasteiger partial charge >= 0.3 is 0 Å². The van der Waals surface area contributed by atoms with E-state index in [0.717, 1.165) is 50.5 Å². The predicted octanol–water partition coefficient (Wildman–Crippen LogP) is 13.5. The summed E-state index contributed by atoms with van der Waals surface area (Å²) >= 11 is 8.32. The fourth-order valence-corrected chi connectivity index (χ4v) is 8.52. The number of carbonyl (C=O) groups is 1. The third kappa shape index (κ3) is 39.9. The molecule has 0 radical (unpaired) electrons. The highest BCUT2D eigenvalue weighted by Gasteiger charge is 2.20. The molecule has 0 aliphatic rings. The van der Waals surface area contributed by atoms with Crippen LogP contribution in [0.25, 0.3) is 0 Å². The van der Waals surface area contributed by atoms with Crippen LogP contribution in [-0.2, 0) is 9.63 Å². The molecule has 0 aromatic carbocycles. The van der Waals surface area contributed by atoms with Crippen molar-refractivity contribution in [1.29, 1.82) is 0 Å². The molecule has 8 heteroatoms. The quantitative estimate of drug-likeness (QED) is 0.0214. The lowest BCUT2D eigenvalue weighted by molar-refractivity contribution is -0.923. The van der Waals surface area contributed by atoms with E-state index in [-0.39, 0.29) is 5.91 Å². The molecule has 2 N–H and O–H groups in total. The normalized spacial score (nSPS) is 11.9. The SMILES string of the molecule is CC[N+](CC)(CC)CCCCCCCCCCCCCCCC(=O)NCCCS.CC[N+](CC)(CC)CCCCCCCCCCCCCCCNOCCCS. The summed E-state index contributed by atoms with van der Waals surface area (Å²) in [5, 5.41) is 2.96. The van der Waals surface area contributed by atoms with E-state index in [2.05, 4.69) is 77.6 Å². The molecule has 0 saturated heterocycles. The molecule has 0 heterocycles. The Morgan fingerprint density at radius 1 is 0.404 bits per heavy atom. The van der Waals surface area contributed by atoms with E-state index in [1.54, 1.807) is 0 Å². The van der Waals surface area contributed by atoms with E-state index in [1.165, 1.54) is 222 Å². The third-order valence-electron chi connectivity index (χ3n) is 13.1. The van der Waals surface area contributed by atoms with E-state index in [9.17, 15) is 4.79 Å². The second-order valence-corrected chi connectivity index (χ2v) is 18.1. The fourth-order valence-electron chi connectivity index (χ4n) is 8.23. The monoisotopic (exact) mass is 847 g/mol. The smallest absolute Gasteiger partial charge is 0.219 e. The lowest BCUT2D eigenvalue weighted by atomic mass is 10.0. The Balaban J connectivity index is 0. The van der Waals surface area contributed by atoms with Gasteiger partial charge in [-0.2, -0.15) is 25.3 Å². The summed E-state index contributed by atoms with van der Waals surface area (Å²) in [5.41, 5.74) is 3.04. The zero-order valence-corrected chi connectivity index (χ0v) is 41.6. The van der Waals surface area contributed by atoms with E-state index in [4.69, 9.17) is 4.84 Å². The van der Waals surface area contributed by atoms with Crippen LogP contribution < -0.4 is 10.8 Å². The van der Waals surface area contributed by atoms with E-state index in [0.29, 0.717) is 6.42 Å². The minimum Gasteiger partial charge on any atom is -0.356 e. The summed E-state index contributed by atoms with van der Waals surface area (Å²) in [6.45, 7) is 27.2. The molecule has 0 unspecified atom stereocenters. The third-order valence-corrected chi connectivity index (χ3v) is 13.8. The maximum absolute atomic E-state index is 11.6. The molecule has 344 valence electrons. The first-order chi connectivity index (χ1) is 27.9. The van der Waals surface area contributed by atoms with Crippen LogP contribution in [0.15, 0.2) is 0 Å². The second-order valence-electron chi connectivity index (χ2n) is 17.2. The molecule has 0 saturated carbocycles. The van der Waals surface area contributed by atoms with Crippen molar-refractivity contribution in [3.63, 3.8) is 0 Å². The highest BCUT2D eigenvalue weighted by molar-refractivity contribution is 7.80. The number of hydrogen-bond acceptors (Lipinski definition) is 5. The molecule has 0 spiro atoms. The van der Waals surface area contributed by atoms with Gasteiger partial charge in [-0.3, -0.25) is 4.79 Å². The van der Waals surface area contributed by atoms with Crippen LogP contribution in [0.2, 0.25) is 0 Å². The Hall–Kier alpha value is 0.01000. The molecule has 0 atom stereocenters. The van der Waals surface area contributed by atoms with Gasteiger partial charge in [-0.1, -0.05) is 128 Å². The summed E-state index contributed by atoms with van der Waals surface area (Å²) < 4.78 is 2.63. The molecular weight excluding hydrogens is 741 g/mol. The first-order valence-electron chi connectivity index (χ1n) is 25.4. The highest BCUT2D eigenvalue weighted by atomic mass is 32.1. The van der Waals surface area contributed by atoms with Crippen LogP contribution in [0.3, 0.4) is 0 Å². The minimum atomic E-state index is 0.214. The molecule has 0 rings (SSSR count). The Morgan fingerprint density at radius 2 is 0.719 bits per heavy atom. The zero-order valence-electron chi connectivity index (χ0n) is 39.8. The fraction of sp³-hybridized carbons (Fsp3) is 0.980. The van der Waals surface area contributed by atoms with Gasteiger partial charge in [-0.25, -0.2) is 5.48 Å². The standard InChI is InChI=1S/C25H52N2OS.C24H52N2OS/c1-4-27(5-2,6-3)23-19-17-15-13-11-9-7-8-10-12-14-16-18-21-25(28)26-22-20-24-29;1-4-26(5-2,6-3)22-19-17-15-13-11-9-7-8-10-12-14-16-18-21-25-27-23-20-24-28/h4-24H2,1-3H3,(H-,26,28,29);25H,4-24H2,1-3H3/p+2. The Morgan fingerprint density at radius 3 is 1.05 bits per heavy atom. The average Bonchev–Trinajstić information content (AvgIpc) is 3.24. The number of hydrogen-bond donors (Lipinski definition) is 4. The maximum Gasteiger partial charge on any atom is 0.219 e. The molecule has 6 nitrogen and oxygen atoms in total. The summed E-state index contributed by atoms with van der Waals surface area (Å²) in [6.07, 6.45) is 38.6. The van der Waals surface area contributed by atoms with Crippen LogP contribution >= 0.6 is 25.3 Å². The van der Waals surface area contributed by atoms with Gasteiger partial charge in [0.05, 0.1) is 59.0 Å². The van der Waals surface area contributed by atoms with E-state index in [1.807, 2.05) is 0 Å². The number of rotatable bonds is 45. The van der Waals surface area contributed by atoms with E-state index >= 15 is 0 Å². The minimum absolute atomic E-state index is 0.214. The van der Waals surface area contributed by atoms with Crippen molar-refractivity contribution in [1.82, 2.24) is 10.8 Å². The van der Waals surface area contributed by atoms with Crippen molar-refractivity contribution < 1.29 is 18.6 Å². The average molecular weight is 848 g/mol. The van der Waals surface area contributed by atoms with Crippen molar-refractivity contribution in [2.24, 2.45) is 0 Å². The van der Waals surface area contributed by atoms with Gasteiger partial charge in [-0.05, 0) is 104 Å². The van der Waals surface area contributed by atoms with Crippen molar-refractivity contribution in [3.8, 4) is 0 Å². The number of unbranched alkanes of at least 4 members (excludes halogenated alkanes) is 24. The van der Waals surface area contributed by atoms with Crippen LogP contribution in [0.4, 0.5) is 0 Å². The number of amides is 1. The molecule has 1 amide bonds. The van der Waals surface area contributed by atoms with Crippen molar-refractivity contribution in [2.45, 2.75) is 228 Å². The Kier molecular flexibility index (Phi) is 48.8. The molecule has 0 aromatic heterocycles. The maximum atomic E-state index is 11.6. The number of thiol groups is 2. The summed E-state index contributed by atoms with van der Waals surface area (Å²) in [4.78, 5) is 16.9. The van der Waals surface area contributed by atoms with Crippen LogP contribution in [0.5, 0.6) is 0 Å². The molecular formula is C49H106N4O2S2+2. The van der Waals surface area contributed by atoms with Gasteiger partial charge in [0.15, 0.2) is 0 Å². The lowest BCUT2D eigenvalue weighted by Gasteiger charge is -2.35. The molecule has 0 bridgehead atoms. The van der Waals surface area contributed by atoms with Crippen molar-refractivity contribution in [3.05, 3.63) is 0 Å². The highest BCUT2D eigenvalue weighted by Crippen LogP contribution is 2.16. The topological polar surface area (TPSA) is 50.4 Å². The van der Waals surface area contributed by atoms with Crippen LogP contribution in [0, 0.1) is 0 Å². The van der Waals surface area contributed by atoms with Crippen LogP contribution in [0.1, 0.15) is 228 Å². The van der Waals surface area contributed by atoms with E-state index < -0.39 is 0 Å². The van der Waals surface area contributed by atoms with Crippen molar-refractivity contribution in [2.75, 3.05) is 83.6 Å². The van der Waals surface area contributed by atoms with Gasteiger partial charge < -0.3 is 19.1 Å². The second kappa shape index (κ2) is 47.1. The van der Waals surface area contributed by atoms with Gasteiger partial charge in [-0.15, -0.1) is 0 Å². The van der Waals surface area contributed by atoms with Crippen LogP contribution in [-0.4, -0.2) is 98.4 Å². The number of quaternary nitrogens is 2. The molecule has 0 aromatic rings. The predicted molar refractivity (Wildman–Crippen MR) is 262 cm³/mol. The number of hydroxylamine groups is 1. The van der Waals surface area contributed by atoms with Gasteiger partial charge in [0.1, 0.15) is 0 Å². The molecule has 0 fully saturated rings. The number of nitrogens with zero attached hydrogens (tertiary/aromatic N) is 2. The first kappa shape index (κ1) is 59.1. The molecule has 57 heavy (non-hydrogen) atoms. The van der Waals surface area contributed by atoms with Gasteiger partial charge in [0, 0.05) is 19.5 Å². The summed E-state index contributed by atoms with van der Waals surface area (Å²) in [5.74, 6) is 1.96. The van der Waals surface area contributed by atoms with Gasteiger partial charge in [0.2, 0.25) is 5.91 Å². The molecule has 0 aliphatic heterocycles. The largest absolute Gasteiger partial charge is 0.356 e. The number of nitrogens with one attached hydrogen (secondary N) is 2. The Labute approximate surface area is 370 Å². The van der Waals surface area contributed by atoms with Gasteiger partial charge in [0.25, 0.3) is 0 Å².